The Balaban J connectivity index is 2.04. The lowest BCUT2D eigenvalue weighted by Crippen LogP contribution is -2.53. The largest absolute Gasteiger partial charge is 0.480 e. The molecule has 1 fully saturated rings. The number of aliphatic carboxylic acids is 4. The Labute approximate surface area is 307 Å². The van der Waals surface area contributed by atoms with Gasteiger partial charge in [0.2, 0.25) is 0 Å². The number of methoxy groups -OCH3 is 1. The second-order valence-corrected chi connectivity index (χ2v) is 12.3. The van der Waals surface area contributed by atoms with E-state index in [1.807, 2.05) is 24.3 Å². The van der Waals surface area contributed by atoms with Crippen LogP contribution in [0.3, 0.4) is 0 Å². The summed E-state index contributed by atoms with van der Waals surface area (Å²) in [5.74, 6) is -4.27. The maximum absolute atomic E-state index is 12.0. The quantitative estimate of drug-likeness (QED) is 0.0612. The molecule has 0 bridgehead atoms. The van der Waals surface area contributed by atoms with E-state index in [9.17, 15) is 44.4 Å². The second-order valence-electron chi connectivity index (χ2n) is 11.9. The number of carbonyl (C=O) groups excluding carboxylic acids is 1. The number of hydrogen-bond donors (Lipinski definition) is 7. The van der Waals surface area contributed by atoms with Crippen molar-refractivity contribution in [3.8, 4) is 0 Å². The van der Waals surface area contributed by atoms with E-state index in [-0.39, 0.29) is 72.0 Å². The molecule has 0 aliphatic carbocycles. The summed E-state index contributed by atoms with van der Waals surface area (Å²) in [7, 11) is 1.28. The molecule has 0 spiro atoms. The third kappa shape index (κ3) is 20.0. The van der Waals surface area contributed by atoms with Gasteiger partial charge >= 0.3 is 30.0 Å². The minimum atomic E-state index is -1.08. The molecular formula is C32H51N7O12S. The topological polar surface area (TPSA) is 243 Å². The third-order valence-electron chi connectivity index (χ3n) is 7.86. The zero-order valence-electron chi connectivity index (χ0n) is 29.4. The maximum atomic E-state index is 12.0. The summed E-state index contributed by atoms with van der Waals surface area (Å²) in [4.78, 5) is 64.6. The number of benzene rings is 1. The van der Waals surface area contributed by atoms with Crippen molar-refractivity contribution < 1.29 is 58.6 Å². The lowest BCUT2D eigenvalue weighted by atomic mass is 10.0. The lowest BCUT2D eigenvalue weighted by molar-refractivity contribution is -0.142. The van der Waals surface area contributed by atoms with Crippen LogP contribution >= 0.6 is 12.2 Å². The summed E-state index contributed by atoms with van der Waals surface area (Å²) in [6.45, 7) is 2.41. The normalized spacial score (nSPS) is 16.9. The van der Waals surface area contributed by atoms with Gasteiger partial charge < -0.3 is 50.6 Å². The fourth-order valence-corrected chi connectivity index (χ4v) is 5.60. The molecule has 1 atom stereocenters. The van der Waals surface area contributed by atoms with E-state index in [1.54, 1.807) is 19.6 Å². The molecule has 0 saturated carbocycles. The summed E-state index contributed by atoms with van der Waals surface area (Å²) in [6.07, 6.45) is -0.167. The maximum Gasteiger partial charge on any atom is 0.406 e. The van der Waals surface area contributed by atoms with Crippen molar-refractivity contribution in [1.82, 2.24) is 30.2 Å². The molecule has 2 rings (SSSR count). The summed E-state index contributed by atoms with van der Waals surface area (Å²) in [5, 5.41) is 47.4. The van der Waals surface area contributed by atoms with Crippen molar-refractivity contribution in [2.45, 2.75) is 12.5 Å². The van der Waals surface area contributed by atoms with Gasteiger partial charge in [0.05, 0.1) is 59.7 Å². The minimum absolute atomic E-state index is 0.175. The summed E-state index contributed by atoms with van der Waals surface area (Å²) >= 11 is 5.38. The molecule has 19 nitrogen and oxygen atoms in total. The summed E-state index contributed by atoms with van der Waals surface area (Å²) < 4.78 is 15.3. The summed E-state index contributed by atoms with van der Waals surface area (Å²) in [5.41, 5.74) is 1.55. The number of carboxylic acid groups (broad SMARTS) is 4. The van der Waals surface area contributed by atoms with E-state index < -0.39 is 36.0 Å². The van der Waals surface area contributed by atoms with Crippen molar-refractivity contribution in [1.29, 1.82) is 0 Å². The molecule has 7 N–H and O–H groups in total. The molecule has 1 unspecified atom stereocenters. The van der Waals surface area contributed by atoms with Crippen LogP contribution in [0.5, 0.6) is 0 Å². The lowest BCUT2D eigenvalue weighted by Gasteiger charge is -2.37. The first-order valence-electron chi connectivity index (χ1n) is 16.7. The van der Waals surface area contributed by atoms with Crippen LogP contribution in [0.4, 0.5) is 10.5 Å². The van der Waals surface area contributed by atoms with Crippen LogP contribution in [0.2, 0.25) is 0 Å². The predicted octanol–water partition coefficient (Wildman–Crippen LogP) is -1.17. The number of carbonyl (C=O) groups is 5. The van der Waals surface area contributed by atoms with Crippen LogP contribution in [-0.2, 0) is 39.8 Å². The van der Waals surface area contributed by atoms with Crippen LogP contribution in [0.1, 0.15) is 5.56 Å². The van der Waals surface area contributed by atoms with Gasteiger partial charge in [-0.15, -0.1) is 0 Å². The van der Waals surface area contributed by atoms with Crippen LogP contribution in [-0.4, -0.2) is 200 Å². The Kier molecular flexibility index (Phi) is 21.1. The molecule has 0 radical (unpaired) electrons. The molecule has 1 heterocycles. The number of rotatable bonds is 20. The number of amides is 1. The third-order valence-corrected chi connectivity index (χ3v) is 8.10. The highest BCUT2D eigenvalue weighted by molar-refractivity contribution is 7.80. The van der Waals surface area contributed by atoms with E-state index >= 15 is 0 Å². The molecule has 1 saturated heterocycles. The second kappa shape index (κ2) is 24.9. The van der Waals surface area contributed by atoms with Gasteiger partial charge in [-0.3, -0.25) is 38.8 Å². The average molecular weight is 758 g/mol. The SMILES string of the molecule is COC(=O)NCCOCCOCCNC(=S)Nc1ccc(CC2CN(CC(=O)O)CCN(CC(=O)O)CCN(CC(=O)O)CCN2CC(=O)O)cc1. The zero-order valence-corrected chi connectivity index (χ0v) is 30.2. The molecule has 1 aromatic carbocycles. The molecular weight excluding hydrogens is 706 g/mol. The zero-order chi connectivity index (χ0) is 38.3. The first-order valence-corrected chi connectivity index (χ1v) is 17.1. The fourth-order valence-electron chi connectivity index (χ4n) is 5.38. The number of thiocarbonyl (C=S) groups is 1. The van der Waals surface area contributed by atoms with Gasteiger partial charge in [0, 0.05) is 70.6 Å². The van der Waals surface area contributed by atoms with Gasteiger partial charge in [0.15, 0.2) is 5.11 Å². The number of hydrogen-bond acceptors (Lipinski definition) is 13. The van der Waals surface area contributed by atoms with Gasteiger partial charge in [-0.1, -0.05) is 12.1 Å². The van der Waals surface area contributed by atoms with E-state index in [2.05, 4.69) is 20.7 Å². The Bertz CT molecular complexity index is 1290. The minimum Gasteiger partial charge on any atom is -0.480 e. The fraction of sp³-hybridized carbons (Fsp3) is 0.625. The standard InChI is InChI=1S/C32H51N7O12S/c1-49-32(48)34-7-15-51-17-16-50-14-6-33-31(52)35-25-4-2-24(3-5-25)18-26-19-38(22-29(44)45)11-10-36(20-27(40)41)8-9-37(21-28(42)43)12-13-39(26)23-30(46)47/h2-5,26H,6-23H2,1H3,(H,34,48)(H,40,41)(H,42,43)(H,44,45)(H,46,47)(H2,33,35,52). The average Bonchev–Trinajstić information content (AvgIpc) is 3.07. The van der Waals surface area contributed by atoms with Gasteiger partial charge in [-0.2, -0.15) is 0 Å². The van der Waals surface area contributed by atoms with E-state index in [1.165, 1.54) is 7.11 Å². The first kappa shape index (κ1) is 44.0. The van der Waals surface area contributed by atoms with Gasteiger partial charge in [-0.25, -0.2) is 4.79 Å². The molecule has 1 amide bonds. The monoisotopic (exact) mass is 757 g/mol. The number of nitrogens with zero attached hydrogens (tertiary/aromatic N) is 4. The summed E-state index contributed by atoms with van der Waals surface area (Å²) in [6, 6.07) is 6.87. The Morgan fingerprint density at radius 1 is 0.692 bits per heavy atom. The van der Waals surface area contributed by atoms with E-state index in [0.717, 1.165) is 5.56 Å². The molecule has 292 valence electrons. The Morgan fingerprint density at radius 2 is 1.17 bits per heavy atom. The van der Waals surface area contributed by atoms with Gasteiger partial charge in [0.1, 0.15) is 0 Å². The Morgan fingerprint density at radius 3 is 1.69 bits per heavy atom. The van der Waals surface area contributed by atoms with E-state index in [0.29, 0.717) is 56.7 Å². The highest BCUT2D eigenvalue weighted by Gasteiger charge is 2.27. The van der Waals surface area contributed by atoms with Crippen LogP contribution in [0, 0.1) is 0 Å². The molecule has 1 aromatic rings. The van der Waals surface area contributed by atoms with Gasteiger partial charge in [0.25, 0.3) is 0 Å². The molecule has 1 aliphatic heterocycles. The van der Waals surface area contributed by atoms with Gasteiger partial charge in [-0.05, 0) is 36.3 Å². The van der Waals surface area contributed by atoms with Crippen molar-refractivity contribution in [3.05, 3.63) is 29.8 Å². The van der Waals surface area contributed by atoms with Crippen molar-refractivity contribution in [3.63, 3.8) is 0 Å². The highest BCUT2D eigenvalue weighted by atomic mass is 32.1. The van der Waals surface area contributed by atoms with E-state index in [4.69, 9.17) is 21.7 Å². The number of alkyl carbamates (subject to hydrolysis) is 1. The number of carboxylic acids is 4. The van der Waals surface area contributed by atoms with Crippen LogP contribution < -0.4 is 16.0 Å². The molecule has 1 aliphatic rings. The number of anilines is 1. The smallest absolute Gasteiger partial charge is 0.406 e. The molecule has 52 heavy (non-hydrogen) atoms. The number of ether oxygens (including phenoxy) is 3. The van der Waals surface area contributed by atoms with Crippen LogP contribution in [0.25, 0.3) is 0 Å². The molecule has 20 heteroatoms. The molecule has 0 aromatic heterocycles. The first-order chi connectivity index (χ1) is 24.8. The van der Waals surface area contributed by atoms with Crippen LogP contribution in [0.15, 0.2) is 24.3 Å². The highest BCUT2D eigenvalue weighted by Crippen LogP contribution is 2.16. The predicted molar refractivity (Wildman–Crippen MR) is 192 cm³/mol. The van der Waals surface area contributed by atoms with Crippen molar-refractivity contribution >= 4 is 53.0 Å². The number of nitrogens with one attached hydrogen (secondary N) is 3. The van der Waals surface area contributed by atoms with Crippen molar-refractivity contribution in [2.24, 2.45) is 0 Å². The Hall–Kier alpha value is -4.18. The van der Waals surface area contributed by atoms with Crippen molar-refractivity contribution in [2.75, 3.05) is 124 Å².